The summed E-state index contributed by atoms with van der Waals surface area (Å²) in [5, 5.41) is 10.3. The van der Waals surface area contributed by atoms with Gasteiger partial charge in [0.25, 0.3) is 0 Å². The first-order chi connectivity index (χ1) is 10.8. The van der Waals surface area contributed by atoms with Crippen molar-refractivity contribution < 1.29 is 5.11 Å². The van der Waals surface area contributed by atoms with E-state index in [1.54, 1.807) is 11.6 Å². The first-order valence-electron chi connectivity index (χ1n) is 8.52. The average molecular weight is 317 g/mol. The Morgan fingerprint density at radius 3 is 2.61 bits per heavy atom. The van der Waals surface area contributed by atoms with E-state index in [0.29, 0.717) is 6.54 Å². The molecule has 2 atom stereocenters. The molecule has 126 valence electrons. The number of aryl methyl sites for hydroxylation is 1. The van der Waals surface area contributed by atoms with Crippen LogP contribution in [0.25, 0.3) is 11.2 Å². The van der Waals surface area contributed by atoms with E-state index in [9.17, 15) is 9.90 Å². The zero-order valence-electron chi connectivity index (χ0n) is 14.5. The number of nitrogens with zero attached hydrogens (tertiary/aromatic N) is 3. The maximum absolute atomic E-state index is 12.6. The molecular weight excluding hydrogens is 290 g/mol. The van der Waals surface area contributed by atoms with Crippen molar-refractivity contribution in [2.45, 2.75) is 65.0 Å². The minimum absolute atomic E-state index is 0.0242. The van der Waals surface area contributed by atoms with E-state index in [1.165, 1.54) is 0 Å². The lowest BCUT2D eigenvalue weighted by Gasteiger charge is -2.27. The maximum atomic E-state index is 12.6. The summed E-state index contributed by atoms with van der Waals surface area (Å²) >= 11 is 0. The minimum atomic E-state index is -0.317. The smallest absolute Gasteiger partial charge is 0.330 e. The maximum Gasteiger partial charge on any atom is 0.330 e. The highest BCUT2D eigenvalue weighted by Gasteiger charge is 2.27. The fourth-order valence-electron chi connectivity index (χ4n) is 3.58. The molecule has 1 N–H and O–H groups in total. The number of hydrogen-bond acceptors (Lipinski definition) is 3. The van der Waals surface area contributed by atoms with Gasteiger partial charge in [-0.1, -0.05) is 33.6 Å². The minimum Gasteiger partial charge on any atom is -0.392 e. The van der Waals surface area contributed by atoms with E-state index in [0.717, 1.165) is 42.5 Å². The lowest BCUT2D eigenvalue weighted by molar-refractivity contribution is 0.104. The van der Waals surface area contributed by atoms with Gasteiger partial charge in [-0.3, -0.25) is 9.13 Å². The van der Waals surface area contributed by atoms with Crippen LogP contribution in [0.1, 0.15) is 58.1 Å². The van der Waals surface area contributed by atoms with Crippen molar-refractivity contribution in [3.05, 3.63) is 28.3 Å². The van der Waals surface area contributed by atoms with E-state index in [-0.39, 0.29) is 23.1 Å². The van der Waals surface area contributed by atoms with Crippen LogP contribution in [0.2, 0.25) is 0 Å². The molecule has 0 spiro atoms. The molecule has 5 heteroatoms. The lowest BCUT2D eigenvalue weighted by atomic mass is 9.84. The molecule has 0 bridgehead atoms. The Hall–Kier alpha value is -1.62. The predicted molar refractivity (Wildman–Crippen MR) is 91.6 cm³/mol. The van der Waals surface area contributed by atoms with E-state index in [2.05, 4.69) is 20.8 Å². The zero-order chi connectivity index (χ0) is 16.8. The third-order valence-electron chi connectivity index (χ3n) is 4.74. The molecule has 2 unspecified atom stereocenters. The Bertz CT molecular complexity index is 767. The van der Waals surface area contributed by atoms with Crippen LogP contribution in [0.5, 0.6) is 0 Å². The fourth-order valence-corrected chi connectivity index (χ4v) is 3.58. The topological polar surface area (TPSA) is 60.0 Å². The number of aliphatic hydroxyl groups excluding tert-OH is 1. The quantitative estimate of drug-likeness (QED) is 0.926. The molecule has 2 heterocycles. The summed E-state index contributed by atoms with van der Waals surface area (Å²) in [6.07, 6.45) is 3.71. The van der Waals surface area contributed by atoms with Crippen LogP contribution in [-0.4, -0.2) is 25.3 Å². The third kappa shape index (κ3) is 3.07. The van der Waals surface area contributed by atoms with Crippen LogP contribution in [0.4, 0.5) is 0 Å². The normalized spacial score (nSPS) is 22.7. The lowest BCUT2D eigenvalue weighted by Crippen LogP contribution is -2.27. The predicted octanol–water partition coefficient (Wildman–Crippen LogP) is 2.80. The van der Waals surface area contributed by atoms with Gasteiger partial charge in [-0.05, 0) is 30.4 Å². The SMILES string of the molecule is Cn1c(=O)n(CC(C)(C)C)c2ccc(C3CCCCC3O)nc21. The summed E-state index contributed by atoms with van der Waals surface area (Å²) in [7, 11) is 1.78. The van der Waals surface area contributed by atoms with Crippen LogP contribution >= 0.6 is 0 Å². The molecular formula is C18H27N3O2. The third-order valence-corrected chi connectivity index (χ3v) is 4.74. The first kappa shape index (κ1) is 16.2. The van der Waals surface area contributed by atoms with Crippen molar-refractivity contribution in [2.24, 2.45) is 12.5 Å². The molecule has 3 rings (SSSR count). The molecule has 1 fully saturated rings. The summed E-state index contributed by atoms with van der Waals surface area (Å²) in [6.45, 7) is 7.03. The fraction of sp³-hybridized carbons (Fsp3) is 0.667. The van der Waals surface area contributed by atoms with Gasteiger partial charge in [0.05, 0.1) is 11.6 Å². The van der Waals surface area contributed by atoms with Crippen LogP contribution in [0.15, 0.2) is 16.9 Å². The second-order valence-electron chi connectivity index (χ2n) is 8.03. The molecule has 2 aromatic rings. The molecule has 1 saturated carbocycles. The molecule has 0 aromatic carbocycles. The van der Waals surface area contributed by atoms with Crippen molar-refractivity contribution in [1.29, 1.82) is 0 Å². The highest BCUT2D eigenvalue weighted by molar-refractivity contribution is 5.72. The second kappa shape index (κ2) is 5.78. The number of aliphatic hydroxyl groups is 1. The van der Waals surface area contributed by atoms with E-state index < -0.39 is 0 Å². The van der Waals surface area contributed by atoms with Crippen LogP contribution in [0.3, 0.4) is 0 Å². The molecule has 23 heavy (non-hydrogen) atoms. The molecule has 0 aliphatic heterocycles. The van der Waals surface area contributed by atoms with Crippen molar-refractivity contribution in [3.8, 4) is 0 Å². The van der Waals surface area contributed by atoms with Gasteiger partial charge in [0.1, 0.15) is 0 Å². The largest absolute Gasteiger partial charge is 0.392 e. The van der Waals surface area contributed by atoms with Crippen molar-refractivity contribution in [3.63, 3.8) is 0 Å². The Labute approximate surface area is 137 Å². The van der Waals surface area contributed by atoms with E-state index >= 15 is 0 Å². The van der Waals surface area contributed by atoms with Gasteiger partial charge in [0.2, 0.25) is 0 Å². The molecule has 0 radical (unpaired) electrons. The van der Waals surface area contributed by atoms with Crippen LogP contribution in [-0.2, 0) is 13.6 Å². The summed E-state index contributed by atoms with van der Waals surface area (Å²) < 4.78 is 3.43. The van der Waals surface area contributed by atoms with Gasteiger partial charge in [-0.15, -0.1) is 0 Å². The van der Waals surface area contributed by atoms with E-state index in [1.807, 2.05) is 16.7 Å². The molecule has 0 saturated heterocycles. The van der Waals surface area contributed by atoms with Gasteiger partial charge in [-0.25, -0.2) is 9.78 Å². The Balaban J connectivity index is 2.07. The molecule has 1 aliphatic carbocycles. The Kier molecular flexibility index (Phi) is 4.08. The molecule has 0 amide bonds. The van der Waals surface area contributed by atoms with Crippen molar-refractivity contribution >= 4 is 11.2 Å². The van der Waals surface area contributed by atoms with E-state index in [4.69, 9.17) is 4.98 Å². The molecule has 5 nitrogen and oxygen atoms in total. The summed E-state index contributed by atoms with van der Waals surface area (Å²) in [4.78, 5) is 17.3. The Morgan fingerprint density at radius 1 is 1.26 bits per heavy atom. The monoisotopic (exact) mass is 317 g/mol. The van der Waals surface area contributed by atoms with Gasteiger partial charge in [0, 0.05) is 25.2 Å². The van der Waals surface area contributed by atoms with Crippen LogP contribution in [0, 0.1) is 5.41 Å². The zero-order valence-corrected chi connectivity index (χ0v) is 14.5. The second-order valence-corrected chi connectivity index (χ2v) is 8.03. The Morgan fingerprint density at radius 2 is 1.96 bits per heavy atom. The number of pyridine rings is 1. The summed E-state index contributed by atoms with van der Waals surface area (Å²) in [6, 6.07) is 3.98. The first-order valence-corrected chi connectivity index (χ1v) is 8.52. The number of rotatable bonds is 2. The highest BCUT2D eigenvalue weighted by atomic mass is 16.3. The standard InChI is InChI=1S/C18H27N3O2/c1-18(2,3)11-21-14-10-9-13(12-7-5-6-8-15(12)22)19-16(14)20(4)17(21)23/h9-10,12,15,22H,5-8,11H2,1-4H3. The van der Waals surface area contributed by atoms with Gasteiger partial charge < -0.3 is 5.11 Å². The highest BCUT2D eigenvalue weighted by Crippen LogP contribution is 2.32. The van der Waals surface area contributed by atoms with Gasteiger partial charge in [0.15, 0.2) is 5.65 Å². The van der Waals surface area contributed by atoms with Crippen molar-refractivity contribution in [2.75, 3.05) is 0 Å². The summed E-state index contributed by atoms with van der Waals surface area (Å²) in [5.74, 6) is 0.0919. The average Bonchev–Trinajstić information content (AvgIpc) is 2.71. The number of imidazole rings is 1. The number of fused-ring (bicyclic) bond motifs is 1. The van der Waals surface area contributed by atoms with Gasteiger partial charge >= 0.3 is 5.69 Å². The van der Waals surface area contributed by atoms with Crippen molar-refractivity contribution in [1.82, 2.24) is 14.1 Å². The summed E-state index contributed by atoms with van der Waals surface area (Å²) in [5.41, 5.74) is 2.50. The number of hydrogen-bond donors (Lipinski definition) is 1. The van der Waals surface area contributed by atoms with Gasteiger partial charge in [-0.2, -0.15) is 0 Å². The number of aromatic nitrogens is 3. The van der Waals surface area contributed by atoms with Crippen LogP contribution < -0.4 is 5.69 Å². The molecule has 2 aromatic heterocycles. The molecule has 1 aliphatic rings.